The molecule has 0 spiro atoms. The summed E-state index contributed by atoms with van der Waals surface area (Å²) in [7, 11) is 0. The molecule has 4 heteroatoms. The normalized spacial score (nSPS) is 12.9. The average molecular weight is 309 g/mol. The van der Waals surface area contributed by atoms with Crippen molar-refractivity contribution in [3.05, 3.63) is 36.5 Å². The van der Waals surface area contributed by atoms with Gasteiger partial charge in [0.15, 0.2) is 0 Å². The lowest BCUT2D eigenvalue weighted by molar-refractivity contribution is -0.347. The van der Waals surface area contributed by atoms with Gasteiger partial charge < -0.3 is 20.1 Å². The van der Waals surface area contributed by atoms with E-state index in [9.17, 15) is 9.90 Å². The largest absolute Gasteiger partial charge is 0.544 e. The molecule has 22 heavy (non-hydrogen) atoms. The van der Waals surface area contributed by atoms with Crippen LogP contribution in [0.3, 0.4) is 0 Å². The molecular formula is C18H29O4-. The van der Waals surface area contributed by atoms with Crippen molar-refractivity contribution in [1.29, 1.82) is 0 Å². The third kappa shape index (κ3) is 12.4. The molecule has 0 fully saturated rings. The fourth-order valence-corrected chi connectivity index (χ4v) is 1.92. The van der Waals surface area contributed by atoms with Crippen molar-refractivity contribution < 1.29 is 20.1 Å². The van der Waals surface area contributed by atoms with Crippen molar-refractivity contribution in [2.24, 2.45) is 0 Å². The van der Waals surface area contributed by atoms with Crippen LogP contribution in [-0.4, -0.2) is 22.0 Å². The Kier molecular flexibility index (Phi) is 12.4. The van der Waals surface area contributed by atoms with Crippen LogP contribution >= 0.6 is 0 Å². The number of aliphatic carboxylic acids is 1. The molecule has 0 aliphatic carbocycles. The predicted octanol–water partition coefficient (Wildman–Crippen LogP) is 2.62. The van der Waals surface area contributed by atoms with Crippen molar-refractivity contribution >= 4 is 5.97 Å². The molecule has 0 unspecified atom stereocenters. The summed E-state index contributed by atoms with van der Waals surface area (Å²) in [6, 6.07) is 0. The number of carbonyl (C=O) groups is 1. The van der Waals surface area contributed by atoms with Gasteiger partial charge in [-0.1, -0.05) is 56.2 Å². The first kappa shape index (κ1) is 20.6. The molecule has 0 heterocycles. The van der Waals surface area contributed by atoms with Crippen LogP contribution in [0.2, 0.25) is 0 Å². The molecule has 126 valence electrons. The number of carboxylic acid groups (broad SMARTS) is 1. The molecule has 0 rings (SSSR count). The molecule has 0 aromatic carbocycles. The number of carboxylic acids is 1. The molecule has 0 saturated carbocycles. The number of unbranched alkanes of at least 4 members (excludes halogenated alkanes) is 4. The lowest BCUT2D eigenvalue weighted by Gasteiger charge is -2.22. The Morgan fingerprint density at radius 3 is 2.05 bits per heavy atom. The molecule has 2 N–H and O–H groups in total. The summed E-state index contributed by atoms with van der Waals surface area (Å²) in [6.45, 7) is 2.12. The highest BCUT2D eigenvalue weighted by Crippen LogP contribution is 2.13. The summed E-state index contributed by atoms with van der Waals surface area (Å²) in [5.74, 6) is -4.51. The van der Waals surface area contributed by atoms with E-state index in [1.807, 2.05) is 0 Å². The van der Waals surface area contributed by atoms with Gasteiger partial charge in [0.25, 0.3) is 0 Å². The van der Waals surface area contributed by atoms with Crippen molar-refractivity contribution in [2.45, 2.75) is 70.5 Å². The van der Waals surface area contributed by atoms with Crippen molar-refractivity contribution in [3.63, 3.8) is 0 Å². The van der Waals surface area contributed by atoms with Gasteiger partial charge in [0, 0.05) is 6.42 Å². The quantitative estimate of drug-likeness (QED) is 0.311. The Morgan fingerprint density at radius 1 is 0.909 bits per heavy atom. The maximum absolute atomic E-state index is 10.4. The highest BCUT2D eigenvalue weighted by atomic mass is 16.5. The summed E-state index contributed by atoms with van der Waals surface area (Å²) in [4.78, 5) is 10.4. The smallest absolute Gasteiger partial charge is 0.204 e. The summed E-state index contributed by atoms with van der Waals surface area (Å²) < 4.78 is 0. The number of aliphatic hydroxyl groups is 2. The second kappa shape index (κ2) is 13.3. The van der Waals surface area contributed by atoms with Gasteiger partial charge in [0.2, 0.25) is 5.79 Å². The van der Waals surface area contributed by atoms with Crippen molar-refractivity contribution in [2.75, 3.05) is 0 Å². The van der Waals surface area contributed by atoms with Crippen LogP contribution in [0.1, 0.15) is 64.7 Å². The van der Waals surface area contributed by atoms with Crippen LogP contribution < -0.4 is 5.11 Å². The molecule has 4 nitrogen and oxygen atoms in total. The molecule has 0 aromatic heterocycles. The first-order valence-electron chi connectivity index (χ1n) is 8.12. The Labute approximate surface area is 133 Å². The molecule has 0 radical (unpaired) electrons. The van der Waals surface area contributed by atoms with Crippen LogP contribution in [-0.2, 0) is 4.79 Å². The maximum Gasteiger partial charge on any atom is 0.204 e. The van der Waals surface area contributed by atoms with E-state index in [2.05, 4.69) is 43.4 Å². The summed E-state index contributed by atoms with van der Waals surface area (Å²) in [5.41, 5.74) is 0. The van der Waals surface area contributed by atoms with Gasteiger partial charge >= 0.3 is 0 Å². The van der Waals surface area contributed by atoms with Gasteiger partial charge in [-0.15, -0.1) is 0 Å². The standard InChI is InChI=1S/C18H30O4/c1-2-3-4-5-6-7-8-9-10-11-12-13-14-15-16-18(21,22)17(19)20/h3-4,6-7,9-10,21-22H,2,5,8,11-16H2,1H3,(H,19,20)/p-1/b4-3-,7-6-,10-9-. The second-order valence-corrected chi connectivity index (χ2v) is 5.35. The Hall–Kier alpha value is -1.39. The monoisotopic (exact) mass is 309 g/mol. The van der Waals surface area contributed by atoms with Gasteiger partial charge in [-0.3, -0.25) is 0 Å². The van der Waals surface area contributed by atoms with Crippen LogP contribution in [0, 0.1) is 0 Å². The molecule has 0 aliphatic rings. The molecule has 0 aliphatic heterocycles. The number of hydrogen-bond donors (Lipinski definition) is 2. The fraction of sp³-hybridized carbons (Fsp3) is 0.611. The molecule has 0 amide bonds. The highest BCUT2D eigenvalue weighted by Gasteiger charge is 2.23. The third-order valence-corrected chi connectivity index (χ3v) is 3.25. The van der Waals surface area contributed by atoms with E-state index < -0.39 is 11.8 Å². The number of carbonyl (C=O) groups excluding carboxylic acids is 1. The SMILES string of the molecule is CC/C=C\C/C=C\C/C=C\CCCCCCC(O)(O)C(=O)[O-]. The first-order valence-corrected chi connectivity index (χ1v) is 8.12. The zero-order valence-electron chi connectivity index (χ0n) is 13.5. The summed E-state index contributed by atoms with van der Waals surface area (Å²) in [6.07, 6.45) is 20.0. The first-order chi connectivity index (χ1) is 10.5. The maximum atomic E-state index is 10.4. The van der Waals surface area contributed by atoms with E-state index in [1.165, 1.54) is 0 Å². The van der Waals surface area contributed by atoms with Gasteiger partial charge in [-0.25, -0.2) is 0 Å². The Morgan fingerprint density at radius 2 is 1.45 bits per heavy atom. The Bertz CT molecular complexity index is 367. The summed E-state index contributed by atoms with van der Waals surface area (Å²) in [5, 5.41) is 28.5. The topological polar surface area (TPSA) is 80.6 Å². The Balaban J connectivity index is 3.44. The number of allylic oxidation sites excluding steroid dienone is 6. The molecule has 0 atom stereocenters. The van der Waals surface area contributed by atoms with Crippen LogP contribution in [0.5, 0.6) is 0 Å². The predicted molar refractivity (Wildman–Crippen MR) is 86.8 cm³/mol. The van der Waals surface area contributed by atoms with E-state index in [0.29, 0.717) is 6.42 Å². The number of hydrogen-bond acceptors (Lipinski definition) is 4. The minimum atomic E-state index is -2.68. The van der Waals surface area contributed by atoms with E-state index >= 15 is 0 Å². The minimum absolute atomic E-state index is 0.178. The third-order valence-electron chi connectivity index (χ3n) is 3.25. The lowest BCUT2D eigenvalue weighted by atomic mass is 10.1. The molecule has 0 aromatic rings. The zero-order valence-corrected chi connectivity index (χ0v) is 13.5. The fourth-order valence-electron chi connectivity index (χ4n) is 1.92. The zero-order chi connectivity index (χ0) is 16.7. The van der Waals surface area contributed by atoms with E-state index in [-0.39, 0.29) is 6.42 Å². The van der Waals surface area contributed by atoms with Crippen molar-refractivity contribution in [1.82, 2.24) is 0 Å². The molecule has 0 saturated heterocycles. The molecule has 0 bridgehead atoms. The minimum Gasteiger partial charge on any atom is -0.544 e. The van der Waals surface area contributed by atoms with Crippen LogP contribution in [0.4, 0.5) is 0 Å². The molecular weight excluding hydrogens is 280 g/mol. The van der Waals surface area contributed by atoms with Crippen molar-refractivity contribution in [3.8, 4) is 0 Å². The van der Waals surface area contributed by atoms with E-state index in [0.717, 1.165) is 44.9 Å². The lowest BCUT2D eigenvalue weighted by Crippen LogP contribution is -2.48. The second-order valence-electron chi connectivity index (χ2n) is 5.35. The average Bonchev–Trinajstić information content (AvgIpc) is 2.47. The van der Waals surface area contributed by atoms with Gasteiger partial charge in [-0.2, -0.15) is 0 Å². The van der Waals surface area contributed by atoms with Crippen LogP contribution in [0.25, 0.3) is 0 Å². The summed E-state index contributed by atoms with van der Waals surface area (Å²) >= 11 is 0. The highest BCUT2D eigenvalue weighted by molar-refractivity contribution is 5.72. The van der Waals surface area contributed by atoms with E-state index in [1.54, 1.807) is 0 Å². The van der Waals surface area contributed by atoms with Gasteiger partial charge in [-0.05, 0) is 38.5 Å². The van der Waals surface area contributed by atoms with Gasteiger partial charge in [0.05, 0.1) is 0 Å². The van der Waals surface area contributed by atoms with Crippen LogP contribution in [0.15, 0.2) is 36.5 Å². The number of rotatable bonds is 13. The van der Waals surface area contributed by atoms with E-state index in [4.69, 9.17) is 10.2 Å². The van der Waals surface area contributed by atoms with Gasteiger partial charge in [0.1, 0.15) is 5.97 Å².